The molecule has 6 aromatic rings. The maximum absolute atomic E-state index is 15.4. The lowest BCUT2D eigenvalue weighted by atomic mass is 10.2. The highest BCUT2D eigenvalue weighted by molar-refractivity contribution is 7.86. The van der Waals surface area contributed by atoms with E-state index < -0.39 is 7.14 Å². The molecule has 5 aromatic carbocycles. The standard InChI is InChI=1S/C30H16NO4P/c32-36-28-22-11-5-12-23(28)34-26-16-15-21(27(30(26)36)35-25-14-6-13-24(33-22)29(25)36)31-19-9-3-1-7-17(19)18-8-2-4-10-20(18)31/h1-16H. The van der Waals surface area contributed by atoms with Gasteiger partial charge in [0.1, 0.15) is 44.7 Å². The van der Waals surface area contributed by atoms with Crippen molar-refractivity contribution in [2.75, 3.05) is 0 Å². The second-order valence-corrected chi connectivity index (χ2v) is 11.8. The zero-order chi connectivity index (χ0) is 23.6. The predicted octanol–water partition coefficient (Wildman–Crippen LogP) is 6.74. The van der Waals surface area contributed by atoms with Crippen molar-refractivity contribution >= 4 is 44.9 Å². The summed E-state index contributed by atoms with van der Waals surface area (Å²) in [6.45, 7) is 0. The van der Waals surface area contributed by atoms with E-state index in [1.807, 2.05) is 60.7 Å². The lowest BCUT2D eigenvalue weighted by molar-refractivity contribution is 0.439. The van der Waals surface area contributed by atoms with Crippen molar-refractivity contribution in [3.63, 3.8) is 0 Å². The van der Waals surface area contributed by atoms with Crippen molar-refractivity contribution in [2.45, 2.75) is 0 Å². The summed E-state index contributed by atoms with van der Waals surface area (Å²) in [5.41, 5.74) is 2.94. The number of fused-ring (bicyclic) bond motifs is 3. The first-order valence-corrected chi connectivity index (χ1v) is 13.5. The van der Waals surface area contributed by atoms with Gasteiger partial charge in [-0.15, -0.1) is 0 Å². The molecule has 3 aliphatic heterocycles. The van der Waals surface area contributed by atoms with Gasteiger partial charge in [-0.05, 0) is 48.5 Å². The molecule has 0 saturated carbocycles. The molecule has 170 valence electrons. The summed E-state index contributed by atoms with van der Waals surface area (Å²) in [7, 11) is -3.32. The van der Waals surface area contributed by atoms with E-state index in [1.165, 1.54) is 0 Å². The lowest BCUT2D eigenvalue weighted by Crippen LogP contribution is -2.39. The molecule has 4 heterocycles. The molecule has 0 radical (unpaired) electrons. The number of aromatic nitrogens is 1. The Bertz CT molecular complexity index is 1930. The smallest absolute Gasteiger partial charge is 0.193 e. The third-order valence-corrected chi connectivity index (χ3v) is 10.6. The minimum Gasteiger partial charge on any atom is -0.455 e. The molecule has 1 atom stereocenters. The van der Waals surface area contributed by atoms with Crippen molar-refractivity contribution < 1.29 is 18.8 Å². The molecule has 0 bridgehead atoms. The van der Waals surface area contributed by atoms with E-state index >= 15 is 4.57 Å². The van der Waals surface area contributed by atoms with E-state index in [0.717, 1.165) is 27.5 Å². The molecular formula is C30H16NO4P. The van der Waals surface area contributed by atoms with Gasteiger partial charge in [-0.3, -0.25) is 0 Å². The number of hydrogen-bond acceptors (Lipinski definition) is 4. The first-order valence-electron chi connectivity index (χ1n) is 11.8. The predicted molar refractivity (Wildman–Crippen MR) is 140 cm³/mol. The Hall–Kier alpha value is -4.47. The highest BCUT2D eigenvalue weighted by Gasteiger charge is 2.52. The van der Waals surface area contributed by atoms with Crippen LogP contribution in [0.5, 0.6) is 34.5 Å². The van der Waals surface area contributed by atoms with Gasteiger partial charge < -0.3 is 23.3 Å². The Morgan fingerprint density at radius 1 is 0.500 bits per heavy atom. The van der Waals surface area contributed by atoms with Crippen LogP contribution in [0.25, 0.3) is 27.5 Å². The molecule has 0 N–H and O–H groups in total. The first-order chi connectivity index (χ1) is 17.7. The third kappa shape index (κ3) is 2.04. The molecule has 36 heavy (non-hydrogen) atoms. The summed E-state index contributed by atoms with van der Waals surface area (Å²) >= 11 is 0. The van der Waals surface area contributed by atoms with Crippen molar-refractivity contribution in [1.82, 2.24) is 4.57 Å². The van der Waals surface area contributed by atoms with Crippen LogP contribution in [0.15, 0.2) is 97.1 Å². The van der Waals surface area contributed by atoms with Gasteiger partial charge in [0.2, 0.25) is 0 Å². The molecule has 0 amide bonds. The van der Waals surface area contributed by atoms with Crippen molar-refractivity contribution in [3.8, 4) is 40.2 Å². The zero-order valence-corrected chi connectivity index (χ0v) is 19.7. The van der Waals surface area contributed by atoms with Gasteiger partial charge in [0.15, 0.2) is 12.9 Å². The summed E-state index contributed by atoms with van der Waals surface area (Å²) in [4.78, 5) is 0. The Labute approximate surface area is 205 Å². The largest absolute Gasteiger partial charge is 0.455 e. The Kier molecular flexibility index (Phi) is 3.24. The van der Waals surface area contributed by atoms with E-state index in [9.17, 15) is 0 Å². The average molecular weight is 485 g/mol. The molecule has 6 heteroatoms. The second-order valence-electron chi connectivity index (χ2n) is 9.25. The summed E-state index contributed by atoms with van der Waals surface area (Å²) < 4.78 is 36.7. The maximum Gasteiger partial charge on any atom is 0.193 e. The van der Waals surface area contributed by atoms with Crippen LogP contribution in [-0.4, -0.2) is 4.57 Å². The maximum atomic E-state index is 15.4. The highest BCUT2D eigenvalue weighted by Crippen LogP contribution is 2.64. The number of ether oxygens (including phenoxy) is 3. The fourth-order valence-corrected chi connectivity index (χ4v) is 9.29. The van der Waals surface area contributed by atoms with Crippen molar-refractivity contribution in [2.24, 2.45) is 0 Å². The van der Waals surface area contributed by atoms with Crippen LogP contribution in [0.4, 0.5) is 0 Å². The fourth-order valence-electron chi connectivity index (χ4n) is 6.02. The SMILES string of the molecule is O=P12c3c4cccc3Oc3ccc(-n5c6ccccc6c6ccccc65)c(c31)Oc1cccc(c12)O4. The van der Waals surface area contributed by atoms with E-state index in [2.05, 4.69) is 41.0 Å². The topological polar surface area (TPSA) is 49.7 Å². The van der Waals surface area contributed by atoms with Crippen molar-refractivity contribution in [3.05, 3.63) is 97.1 Å². The van der Waals surface area contributed by atoms with Gasteiger partial charge >= 0.3 is 0 Å². The summed E-state index contributed by atoms with van der Waals surface area (Å²) in [6.07, 6.45) is 0. The molecule has 9 rings (SSSR count). The third-order valence-electron chi connectivity index (χ3n) is 7.42. The highest BCUT2D eigenvalue weighted by atomic mass is 31.2. The van der Waals surface area contributed by atoms with Gasteiger partial charge in [0, 0.05) is 10.8 Å². The quantitative estimate of drug-likeness (QED) is 0.242. The zero-order valence-electron chi connectivity index (χ0n) is 18.8. The van der Waals surface area contributed by atoms with Crippen molar-refractivity contribution in [1.29, 1.82) is 0 Å². The molecule has 1 aromatic heterocycles. The van der Waals surface area contributed by atoms with Gasteiger partial charge in [-0.1, -0.05) is 48.5 Å². The number of hydrogen-bond donors (Lipinski definition) is 0. The Morgan fingerprint density at radius 2 is 1.00 bits per heavy atom. The van der Waals surface area contributed by atoms with Crippen LogP contribution in [0, 0.1) is 0 Å². The number of para-hydroxylation sites is 2. The molecule has 0 fully saturated rings. The van der Waals surface area contributed by atoms with Crippen LogP contribution in [0.2, 0.25) is 0 Å². The minimum absolute atomic E-state index is 0.560. The fraction of sp³-hybridized carbons (Fsp3) is 0. The van der Waals surface area contributed by atoms with Gasteiger partial charge in [0.05, 0.1) is 16.7 Å². The summed E-state index contributed by atoms with van der Waals surface area (Å²) in [5.74, 6) is 3.40. The van der Waals surface area contributed by atoms with Crippen LogP contribution < -0.4 is 30.1 Å². The molecule has 3 aliphatic rings. The van der Waals surface area contributed by atoms with E-state index in [0.29, 0.717) is 50.4 Å². The van der Waals surface area contributed by atoms with E-state index in [4.69, 9.17) is 14.2 Å². The summed E-state index contributed by atoms with van der Waals surface area (Å²) in [5, 5.41) is 4.13. The number of rotatable bonds is 1. The minimum atomic E-state index is -3.32. The van der Waals surface area contributed by atoms with Crippen LogP contribution >= 0.6 is 7.14 Å². The van der Waals surface area contributed by atoms with Gasteiger partial charge in [-0.2, -0.15) is 0 Å². The van der Waals surface area contributed by atoms with Crippen LogP contribution in [0.1, 0.15) is 0 Å². The second kappa shape index (κ2) is 6.20. The Morgan fingerprint density at radius 3 is 1.58 bits per heavy atom. The van der Waals surface area contributed by atoms with Crippen LogP contribution in [-0.2, 0) is 4.57 Å². The molecule has 0 spiro atoms. The number of benzene rings is 5. The monoisotopic (exact) mass is 485 g/mol. The van der Waals surface area contributed by atoms with E-state index in [1.54, 1.807) is 0 Å². The van der Waals surface area contributed by atoms with Gasteiger partial charge in [-0.25, -0.2) is 0 Å². The molecule has 0 aliphatic carbocycles. The molecule has 1 unspecified atom stereocenters. The summed E-state index contributed by atoms with van der Waals surface area (Å²) in [6, 6.07) is 31.8. The molecule has 0 saturated heterocycles. The normalized spacial score (nSPS) is 17.8. The van der Waals surface area contributed by atoms with E-state index in [-0.39, 0.29) is 0 Å². The van der Waals surface area contributed by atoms with Crippen LogP contribution in [0.3, 0.4) is 0 Å². The first kappa shape index (κ1) is 18.8. The average Bonchev–Trinajstić information content (AvgIpc) is 3.23. The number of nitrogens with zero attached hydrogens (tertiary/aromatic N) is 1. The lowest BCUT2D eigenvalue weighted by Gasteiger charge is -2.39. The molecular weight excluding hydrogens is 469 g/mol. The molecule has 5 nitrogen and oxygen atoms in total. The Balaban J connectivity index is 1.46. The van der Waals surface area contributed by atoms with Gasteiger partial charge in [0.25, 0.3) is 0 Å².